The lowest BCUT2D eigenvalue weighted by Crippen LogP contribution is -2.02. The first kappa shape index (κ1) is 12.6. The first-order valence-electron chi connectivity index (χ1n) is 6.32. The monoisotopic (exact) mass is 238 g/mol. The van der Waals surface area contributed by atoms with Crippen molar-refractivity contribution in [1.82, 2.24) is 0 Å². The second-order valence-corrected chi connectivity index (χ2v) is 4.68. The van der Waals surface area contributed by atoms with Crippen molar-refractivity contribution >= 4 is 5.78 Å². The van der Waals surface area contributed by atoms with Gasteiger partial charge in [-0.25, -0.2) is 0 Å². The molecule has 0 amide bonds. The Morgan fingerprint density at radius 2 is 1.50 bits per heavy atom. The third-order valence-electron chi connectivity index (χ3n) is 3.39. The van der Waals surface area contributed by atoms with Gasteiger partial charge in [0.1, 0.15) is 0 Å². The van der Waals surface area contributed by atoms with Crippen molar-refractivity contribution in [3.63, 3.8) is 0 Å². The van der Waals surface area contributed by atoms with E-state index >= 15 is 0 Å². The Morgan fingerprint density at radius 3 is 2.06 bits per heavy atom. The average Bonchev–Trinajstić information content (AvgIpc) is 2.41. The highest BCUT2D eigenvalue weighted by Crippen LogP contribution is 2.15. The van der Waals surface area contributed by atoms with Crippen molar-refractivity contribution in [1.29, 1.82) is 0 Å². The summed E-state index contributed by atoms with van der Waals surface area (Å²) in [7, 11) is 0. The molecule has 0 aliphatic heterocycles. The Morgan fingerprint density at radius 1 is 0.889 bits per heavy atom. The summed E-state index contributed by atoms with van der Waals surface area (Å²) in [4.78, 5) is 12.3. The molecule has 1 heteroatoms. The quantitative estimate of drug-likeness (QED) is 0.736. The van der Waals surface area contributed by atoms with Gasteiger partial charge in [0.15, 0.2) is 5.78 Å². The van der Waals surface area contributed by atoms with E-state index in [-0.39, 0.29) is 5.78 Å². The van der Waals surface area contributed by atoms with E-state index in [9.17, 15) is 4.79 Å². The van der Waals surface area contributed by atoms with Crippen LogP contribution in [0.15, 0.2) is 42.5 Å². The van der Waals surface area contributed by atoms with Crippen LogP contribution in [0.5, 0.6) is 0 Å². The lowest BCUT2D eigenvalue weighted by molar-refractivity contribution is 0.103. The van der Waals surface area contributed by atoms with Gasteiger partial charge in [0.2, 0.25) is 0 Å². The fraction of sp³-hybridized carbons (Fsp3) is 0.235. The van der Waals surface area contributed by atoms with Gasteiger partial charge in [-0.15, -0.1) is 0 Å². The minimum absolute atomic E-state index is 0.0979. The van der Waals surface area contributed by atoms with Crippen molar-refractivity contribution in [2.75, 3.05) is 0 Å². The largest absolute Gasteiger partial charge is 0.289 e. The third-order valence-corrected chi connectivity index (χ3v) is 3.39. The third kappa shape index (κ3) is 2.51. The number of ketones is 1. The molecule has 0 heterocycles. The number of hydrogen-bond acceptors (Lipinski definition) is 1. The Kier molecular flexibility index (Phi) is 3.61. The highest BCUT2D eigenvalue weighted by atomic mass is 16.1. The van der Waals surface area contributed by atoms with E-state index < -0.39 is 0 Å². The van der Waals surface area contributed by atoms with Gasteiger partial charge in [-0.2, -0.15) is 0 Å². The average molecular weight is 238 g/mol. The van der Waals surface area contributed by atoms with Crippen molar-refractivity contribution in [3.8, 4) is 0 Å². The summed E-state index contributed by atoms with van der Waals surface area (Å²) in [5, 5.41) is 0. The molecule has 0 radical (unpaired) electrons. The van der Waals surface area contributed by atoms with Crippen LogP contribution in [0.25, 0.3) is 0 Å². The number of benzene rings is 2. The van der Waals surface area contributed by atoms with Gasteiger partial charge in [-0.05, 0) is 43.0 Å². The van der Waals surface area contributed by atoms with Crippen LogP contribution in [0, 0.1) is 13.8 Å². The van der Waals surface area contributed by atoms with Gasteiger partial charge in [0.25, 0.3) is 0 Å². The summed E-state index contributed by atoms with van der Waals surface area (Å²) in [6.07, 6.45) is 0.998. The Bertz CT molecular complexity index is 565. The van der Waals surface area contributed by atoms with Crippen molar-refractivity contribution in [2.24, 2.45) is 0 Å². The molecule has 0 unspecified atom stereocenters. The number of carbonyl (C=O) groups is 1. The number of aryl methyl sites for hydroxylation is 3. The molecule has 2 rings (SSSR count). The Hall–Kier alpha value is -1.89. The number of hydrogen-bond donors (Lipinski definition) is 0. The predicted molar refractivity (Wildman–Crippen MR) is 75.2 cm³/mol. The van der Waals surface area contributed by atoms with Crippen LogP contribution in [0.1, 0.15) is 39.5 Å². The normalized spacial score (nSPS) is 10.4. The second kappa shape index (κ2) is 5.18. The topological polar surface area (TPSA) is 17.1 Å². The summed E-state index contributed by atoms with van der Waals surface area (Å²) in [6, 6.07) is 13.7. The fourth-order valence-corrected chi connectivity index (χ4v) is 1.94. The van der Waals surface area contributed by atoms with Crippen LogP contribution in [0.4, 0.5) is 0 Å². The molecule has 0 N–H and O–H groups in total. The second-order valence-electron chi connectivity index (χ2n) is 4.68. The van der Waals surface area contributed by atoms with Crippen LogP contribution < -0.4 is 0 Å². The SMILES string of the molecule is CCc1ccc(C(=O)c2ccc(C)c(C)c2)cc1. The van der Waals surface area contributed by atoms with Crippen molar-refractivity contribution in [2.45, 2.75) is 27.2 Å². The zero-order valence-corrected chi connectivity index (χ0v) is 11.2. The summed E-state index contributed by atoms with van der Waals surface area (Å²) in [5.41, 5.74) is 5.16. The molecule has 0 atom stereocenters. The molecule has 1 nitrogen and oxygen atoms in total. The summed E-state index contributed by atoms with van der Waals surface area (Å²) < 4.78 is 0. The van der Waals surface area contributed by atoms with Crippen molar-refractivity contribution < 1.29 is 4.79 Å². The molecule has 0 bridgehead atoms. The lowest BCUT2D eigenvalue weighted by Gasteiger charge is -2.05. The lowest BCUT2D eigenvalue weighted by atomic mass is 9.98. The summed E-state index contributed by atoms with van der Waals surface area (Å²) >= 11 is 0. The predicted octanol–water partition coefficient (Wildman–Crippen LogP) is 4.10. The van der Waals surface area contributed by atoms with E-state index in [0.717, 1.165) is 23.1 Å². The zero-order valence-electron chi connectivity index (χ0n) is 11.2. The molecule has 0 aliphatic carbocycles. The van der Waals surface area contributed by atoms with Crippen LogP contribution in [-0.2, 0) is 6.42 Å². The van der Waals surface area contributed by atoms with E-state index in [1.54, 1.807) is 0 Å². The highest BCUT2D eigenvalue weighted by Gasteiger charge is 2.09. The minimum Gasteiger partial charge on any atom is -0.289 e. The molecule has 18 heavy (non-hydrogen) atoms. The van der Waals surface area contributed by atoms with Gasteiger partial charge in [-0.3, -0.25) is 4.79 Å². The fourth-order valence-electron chi connectivity index (χ4n) is 1.94. The maximum atomic E-state index is 12.3. The molecule has 0 aromatic heterocycles. The molecule has 0 saturated carbocycles. The van der Waals surface area contributed by atoms with Crippen molar-refractivity contribution in [3.05, 3.63) is 70.3 Å². The standard InChI is InChI=1S/C17H18O/c1-4-14-6-9-15(10-7-14)17(18)16-8-5-12(2)13(3)11-16/h5-11H,4H2,1-3H3. The van der Waals surface area contributed by atoms with Gasteiger partial charge in [0, 0.05) is 11.1 Å². The van der Waals surface area contributed by atoms with E-state index in [1.807, 2.05) is 49.4 Å². The van der Waals surface area contributed by atoms with E-state index in [4.69, 9.17) is 0 Å². The smallest absolute Gasteiger partial charge is 0.193 e. The first-order valence-corrected chi connectivity index (χ1v) is 6.32. The van der Waals surface area contributed by atoms with Gasteiger partial charge in [0.05, 0.1) is 0 Å². The summed E-state index contributed by atoms with van der Waals surface area (Å²) in [5.74, 6) is 0.0979. The molecule has 0 aliphatic rings. The molecule has 0 fully saturated rings. The van der Waals surface area contributed by atoms with Crippen LogP contribution in [-0.4, -0.2) is 5.78 Å². The Balaban J connectivity index is 2.32. The highest BCUT2D eigenvalue weighted by molar-refractivity contribution is 6.09. The number of carbonyl (C=O) groups excluding carboxylic acids is 1. The van der Waals surface area contributed by atoms with Crippen LogP contribution in [0.2, 0.25) is 0 Å². The molecule has 92 valence electrons. The maximum Gasteiger partial charge on any atom is 0.193 e. The van der Waals surface area contributed by atoms with E-state index in [1.165, 1.54) is 11.1 Å². The molecule has 0 spiro atoms. The minimum atomic E-state index is 0.0979. The van der Waals surface area contributed by atoms with Gasteiger partial charge < -0.3 is 0 Å². The first-order chi connectivity index (χ1) is 8.61. The van der Waals surface area contributed by atoms with E-state index in [2.05, 4.69) is 13.8 Å². The van der Waals surface area contributed by atoms with Gasteiger partial charge in [-0.1, -0.05) is 43.3 Å². The summed E-state index contributed by atoms with van der Waals surface area (Å²) in [6.45, 7) is 6.20. The van der Waals surface area contributed by atoms with Gasteiger partial charge >= 0.3 is 0 Å². The molecule has 2 aromatic rings. The molecule has 2 aromatic carbocycles. The maximum absolute atomic E-state index is 12.3. The molecule has 0 saturated heterocycles. The Labute approximate surface area is 108 Å². The van der Waals surface area contributed by atoms with Crippen LogP contribution in [0.3, 0.4) is 0 Å². The molecular weight excluding hydrogens is 220 g/mol. The zero-order chi connectivity index (χ0) is 13.1. The molecular formula is C17H18O. The number of rotatable bonds is 3. The van der Waals surface area contributed by atoms with Crippen LogP contribution >= 0.6 is 0 Å². The van der Waals surface area contributed by atoms with E-state index in [0.29, 0.717) is 0 Å².